The zero-order valence-corrected chi connectivity index (χ0v) is 12.4. The van der Waals surface area contributed by atoms with Gasteiger partial charge in [-0.25, -0.2) is 4.39 Å². The number of hydrogen-bond donors (Lipinski definition) is 2. The minimum Gasteiger partial charge on any atom is -0.460 e. The molecule has 2 aromatic rings. The molecule has 2 N–H and O–H groups in total. The molecule has 1 aromatic heterocycles. The summed E-state index contributed by atoms with van der Waals surface area (Å²) in [6.07, 6.45) is 0. The molecule has 0 amide bonds. The van der Waals surface area contributed by atoms with Gasteiger partial charge in [0.15, 0.2) is 0 Å². The lowest BCUT2D eigenvalue weighted by atomic mass is 10.1. The number of halogens is 2. The van der Waals surface area contributed by atoms with Crippen molar-refractivity contribution in [3.05, 3.63) is 48.0 Å². The highest BCUT2D eigenvalue weighted by molar-refractivity contribution is 5.85. The highest BCUT2D eigenvalue weighted by Gasteiger charge is 2.08. The summed E-state index contributed by atoms with van der Waals surface area (Å²) in [5.41, 5.74) is 0.463. The van der Waals surface area contributed by atoms with Crippen LogP contribution in [-0.2, 0) is 11.3 Å². The van der Waals surface area contributed by atoms with Crippen LogP contribution < -0.4 is 5.32 Å². The number of benzene rings is 1. The Kier molecular flexibility index (Phi) is 8.00. The molecule has 0 fully saturated rings. The quantitative estimate of drug-likeness (QED) is 0.735. The van der Waals surface area contributed by atoms with E-state index in [1.54, 1.807) is 24.3 Å². The van der Waals surface area contributed by atoms with Crippen LogP contribution in [0, 0.1) is 5.82 Å². The summed E-state index contributed by atoms with van der Waals surface area (Å²) in [6, 6.07) is 10.1. The molecule has 0 radical (unpaired) electrons. The number of aliphatic hydroxyl groups excluding tert-OH is 1. The molecule has 0 bridgehead atoms. The van der Waals surface area contributed by atoms with Gasteiger partial charge in [0.2, 0.25) is 0 Å². The minimum absolute atomic E-state index is 0. The predicted molar refractivity (Wildman–Crippen MR) is 81.0 cm³/mol. The third-order valence-corrected chi connectivity index (χ3v) is 2.76. The Labute approximate surface area is 129 Å². The van der Waals surface area contributed by atoms with E-state index in [9.17, 15) is 4.39 Å². The molecule has 1 heterocycles. The average molecular weight is 316 g/mol. The Morgan fingerprint density at radius 3 is 2.71 bits per heavy atom. The lowest BCUT2D eigenvalue weighted by molar-refractivity contribution is 0.0936. The van der Waals surface area contributed by atoms with Gasteiger partial charge < -0.3 is 19.6 Å². The standard InChI is InChI=1S/C15H18FNO3.ClH/c16-14-4-2-1-3-13(14)15-6-5-12(20-15)11-17-7-9-19-10-8-18;/h1-6,17-18H,7-11H2;1H. The molecule has 0 spiro atoms. The highest BCUT2D eigenvalue weighted by atomic mass is 35.5. The first-order chi connectivity index (χ1) is 9.81. The van der Waals surface area contributed by atoms with Crippen molar-refractivity contribution in [1.82, 2.24) is 5.32 Å². The number of aliphatic hydroxyl groups is 1. The van der Waals surface area contributed by atoms with Crippen LogP contribution in [-0.4, -0.2) is 31.5 Å². The molecule has 2 rings (SSSR count). The monoisotopic (exact) mass is 315 g/mol. The minimum atomic E-state index is -0.293. The van der Waals surface area contributed by atoms with Gasteiger partial charge in [0.25, 0.3) is 0 Å². The van der Waals surface area contributed by atoms with E-state index in [0.717, 1.165) is 5.76 Å². The molecule has 21 heavy (non-hydrogen) atoms. The van der Waals surface area contributed by atoms with Crippen LogP contribution in [0.2, 0.25) is 0 Å². The molecule has 0 saturated heterocycles. The van der Waals surface area contributed by atoms with Gasteiger partial charge in [-0.3, -0.25) is 0 Å². The van der Waals surface area contributed by atoms with Crippen LogP contribution in [0.4, 0.5) is 4.39 Å². The summed E-state index contributed by atoms with van der Waals surface area (Å²) >= 11 is 0. The molecule has 0 saturated carbocycles. The van der Waals surface area contributed by atoms with Crippen LogP contribution in [0.15, 0.2) is 40.8 Å². The van der Waals surface area contributed by atoms with Gasteiger partial charge in [-0.2, -0.15) is 0 Å². The zero-order valence-electron chi connectivity index (χ0n) is 11.5. The zero-order chi connectivity index (χ0) is 14.2. The topological polar surface area (TPSA) is 54.6 Å². The molecule has 0 unspecified atom stereocenters. The van der Waals surface area contributed by atoms with Crippen LogP contribution in [0.25, 0.3) is 11.3 Å². The lowest BCUT2D eigenvalue weighted by Crippen LogP contribution is -2.19. The van der Waals surface area contributed by atoms with Crippen LogP contribution >= 0.6 is 12.4 Å². The fourth-order valence-electron chi connectivity index (χ4n) is 1.80. The molecule has 0 atom stereocenters. The van der Waals surface area contributed by atoms with Crippen LogP contribution in [0.3, 0.4) is 0 Å². The first-order valence-electron chi connectivity index (χ1n) is 6.54. The fraction of sp³-hybridized carbons (Fsp3) is 0.333. The smallest absolute Gasteiger partial charge is 0.137 e. The molecule has 6 heteroatoms. The number of furan rings is 1. The van der Waals surface area contributed by atoms with Crippen molar-refractivity contribution >= 4 is 12.4 Å². The largest absolute Gasteiger partial charge is 0.460 e. The van der Waals surface area contributed by atoms with E-state index < -0.39 is 0 Å². The highest BCUT2D eigenvalue weighted by Crippen LogP contribution is 2.24. The third kappa shape index (κ3) is 5.47. The van der Waals surface area contributed by atoms with Gasteiger partial charge >= 0.3 is 0 Å². The van der Waals surface area contributed by atoms with Crippen molar-refractivity contribution in [2.45, 2.75) is 6.54 Å². The van der Waals surface area contributed by atoms with Gasteiger partial charge in [0.1, 0.15) is 17.3 Å². The van der Waals surface area contributed by atoms with E-state index in [-0.39, 0.29) is 24.8 Å². The average Bonchev–Trinajstić information content (AvgIpc) is 2.92. The number of hydrogen-bond acceptors (Lipinski definition) is 4. The summed E-state index contributed by atoms with van der Waals surface area (Å²) < 4.78 is 24.3. The van der Waals surface area contributed by atoms with Gasteiger partial charge in [-0.1, -0.05) is 12.1 Å². The Morgan fingerprint density at radius 2 is 1.95 bits per heavy atom. The number of nitrogens with one attached hydrogen (secondary N) is 1. The van der Waals surface area contributed by atoms with Gasteiger partial charge in [-0.05, 0) is 24.3 Å². The number of ether oxygens (including phenoxy) is 1. The summed E-state index contributed by atoms with van der Waals surface area (Å²) in [5.74, 6) is 0.973. The molecule has 0 aliphatic rings. The molecule has 1 aromatic carbocycles. The summed E-state index contributed by atoms with van der Waals surface area (Å²) in [6.45, 7) is 2.12. The SMILES string of the molecule is Cl.OCCOCCNCc1ccc(-c2ccccc2F)o1. The predicted octanol–water partition coefficient (Wildman–Crippen LogP) is 2.61. The Balaban J connectivity index is 0.00000220. The van der Waals surface area contributed by atoms with E-state index in [1.807, 2.05) is 6.07 Å². The second-order valence-electron chi connectivity index (χ2n) is 4.26. The van der Waals surface area contributed by atoms with E-state index in [0.29, 0.717) is 37.6 Å². The summed E-state index contributed by atoms with van der Waals surface area (Å²) in [5, 5.41) is 11.7. The van der Waals surface area contributed by atoms with E-state index >= 15 is 0 Å². The molecule has 0 aliphatic heterocycles. The first kappa shape index (κ1) is 17.7. The second kappa shape index (κ2) is 9.52. The normalized spacial score (nSPS) is 10.4. The molecular weight excluding hydrogens is 297 g/mol. The van der Waals surface area contributed by atoms with Crippen molar-refractivity contribution in [1.29, 1.82) is 0 Å². The molecule has 4 nitrogen and oxygen atoms in total. The lowest BCUT2D eigenvalue weighted by Gasteiger charge is -2.03. The fourth-order valence-corrected chi connectivity index (χ4v) is 1.80. The molecular formula is C15H19ClFNO3. The molecule has 116 valence electrons. The van der Waals surface area contributed by atoms with E-state index in [1.165, 1.54) is 6.07 Å². The number of rotatable bonds is 8. The maximum Gasteiger partial charge on any atom is 0.137 e. The second-order valence-corrected chi connectivity index (χ2v) is 4.26. The Bertz CT molecular complexity index is 533. The van der Waals surface area contributed by atoms with Crippen molar-refractivity contribution in [2.75, 3.05) is 26.4 Å². The van der Waals surface area contributed by atoms with E-state index in [4.69, 9.17) is 14.3 Å². The van der Waals surface area contributed by atoms with E-state index in [2.05, 4.69) is 5.32 Å². The Hall–Kier alpha value is -1.40. The van der Waals surface area contributed by atoms with Gasteiger partial charge in [0, 0.05) is 6.54 Å². The van der Waals surface area contributed by atoms with Crippen LogP contribution in [0.1, 0.15) is 5.76 Å². The van der Waals surface area contributed by atoms with Gasteiger partial charge in [-0.15, -0.1) is 12.4 Å². The third-order valence-electron chi connectivity index (χ3n) is 2.76. The first-order valence-corrected chi connectivity index (χ1v) is 6.54. The van der Waals surface area contributed by atoms with Crippen molar-refractivity contribution in [2.24, 2.45) is 0 Å². The Morgan fingerprint density at radius 1 is 1.14 bits per heavy atom. The van der Waals surface area contributed by atoms with Crippen LogP contribution in [0.5, 0.6) is 0 Å². The van der Waals surface area contributed by atoms with Gasteiger partial charge in [0.05, 0.1) is 31.9 Å². The van der Waals surface area contributed by atoms with Crippen molar-refractivity contribution < 1.29 is 18.7 Å². The summed E-state index contributed by atoms with van der Waals surface area (Å²) in [7, 11) is 0. The summed E-state index contributed by atoms with van der Waals surface area (Å²) in [4.78, 5) is 0. The van der Waals surface area contributed by atoms with Crippen molar-refractivity contribution in [3.63, 3.8) is 0 Å². The molecule has 0 aliphatic carbocycles. The van der Waals surface area contributed by atoms with Crippen molar-refractivity contribution in [3.8, 4) is 11.3 Å². The maximum absolute atomic E-state index is 13.6. The maximum atomic E-state index is 13.6.